The third-order valence-electron chi connectivity index (χ3n) is 3.19. The summed E-state index contributed by atoms with van der Waals surface area (Å²) >= 11 is 0. The number of benzene rings is 2. The van der Waals surface area contributed by atoms with Crippen LogP contribution in [0.3, 0.4) is 0 Å². The minimum absolute atomic E-state index is 0.0149. The minimum atomic E-state index is -0.466. The summed E-state index contributed by atoms with van der Waals surface area (Å²) in [5.41, 5.74) is 3.89. The van der Waals surface area contributed by atoms with Gasteiger partial charge in [-0.2, -0.15) is 5.10 Å². The summed E-state index contributed by atoms with van der Waals surface area (Å²) in [5, 5.41) is 14.8. The molecule has 0 bridgehead atoms. The van der Waals surface area contributed by atoms with Crippen LogP contribution < -0.4 is 19.6 Å². The molecule has 0 fully saturated rings. The number of anilines is 1. The summed E-state index contributed by atoms with van der Waals surface area (Å²) in [6.45, 7) is 0. The van der Waals surface area contributed by atoms with E-state index in [4.69, 9.17) is 14.2 Å². The average Bonchev–Trinajstić information content (AvgIpc) is 2.61. The van der Waals surface area contributed by atoms with Crippen LogP contribution in [-0.2, 0) is 0 Å². The van der Waals surface area contributed by atoms with Crippen LogP contribution >= 0.6 is 0 Å². The summed E-state index contributed by atoms with van der Waals surface area (Å²) in [5.74, 6) is 1.47. The number of nitro benzene ring substituents is 1. The van der Waals surface area contributed by atoms with Crippen LogP contribution in [0.4, 0.5) is 11.4 Å². The Kier molecular flexibility index (Phi) is 5.56. The summed E-state index contributed by atoms with van der Waals surface area (Å²) in [6, 6.07) is 9.55. The molecule has 0 saturated heterocycles. The molecule has 0 saturated carbocycles. The van der Waals surface area contributed by atoms with Crippen molar-refractivity contribution in [2.24, 2.45) is 5.10 Å². The quantitative estimate of drug-likeness (QED) is 0.476. The predicted molar refractivity (Wildman–Crippen MR) is 90.4 cm³/mol. The molecule has 0 atom stereocenters. The van der Waals surface area contributed by atoms with Gasteiger partial charge >= 0.3 is 0 Å². The number of nitrogens with one attached hydrogen (secondary N) is 1. The van der Waals surface area contributed by atoms with Gasteiger partial charge in [0, 0.05) is 17.7 Å². The molecule has 0 aliphatic heterocycles. The second-order valence-corrected chi connectivity index (χ2v) is 4.60. The van der Waals surface area contributed by atoms with Gasteiger partial charge in [-0.1, -0.05) is 6.07 Å². The molecule has 8 heteroatoms. The van der Waals surface area contributed by atoms with E-state index in [1.807, 2.05) is 0 Å². The standard InChI is InChI=1S/C16H17N3O5/c1-22-14-8-7-11(15(23-2)16(14)24-3)10-17-18-12-5-4-6-13(9-12)19(20)21/h4-10,18H,1-3H3/b17-10+. The SMILES string of the molecule is COc1ccc(/C=N/Nc2cccc([N+](=O)[O-])c2)c(OC)c1OC. The molecule has 2 rings (SSSR count). The molecule has 0 amide bonds. The van der Waals surface area contributed by atoms with E-state index in [0.29, 0.717) is 28.5 Å². The van der Waals surface area contributed by atoms with Crippen LogP contribution in [0, 0.1) is 10.1 Å². The number of nitro groups is 1. The van der Waals surface area contributed by atoms with Gasteiger partial charge in [-0.25, -0.2) is 0 Å². The Morgan fingerprint density at radius 3 is 2.46 bits per heavy atom. The fourth-order valence-electron chi connectivity index (χ4n) is 2.09. The molecular formula is C16H17N3O5. The fraction of sp³-hybridized carbons (Fsp3) is 0.188. The number of hydrogen-bond acceptors (Lipinski definition) is 7. The zero-order valence-electron chi connectivity index (χ0n) is 13.5. The molecule has 0 heterocycles. The van der Waals surface area contributed by atoms with E-state index < -0.39 is 4.92 Å². The van der Waals surface area contributed by atoms with Gasteiger partial charge in [0.2, 0.25) is 5.75 Å². The Morgan fingerprint density at radius 1 is 1.08 bits per heavy atom. The van der Waals surface area contributed by atoms with E-state index in [9.17, 15) is 10.1 Å². The van der Waals surface area contributed by atoms with Crippen LogP contribution in [0.25, 0.3) is 0 Å². The predicted octanol–water partition coefficient (Wildman–Crippen LogP) is 3.07. The van der Waals surface area contributed by atoms with Crippen LogP contribution in [0.1, 0.15) is 5.56 Å². The number of nitrogens with zero attached hydrogens (tertiary/aromatic N) is 2. The van der Waals surface area contributed by atoms with E-state index >= 15 is 0 Å². The maximum absolute atomic E-state index is 10.8. The smallest absolute Gasteiger partial charge is 0.271 e. The van der Waals surface area contributed by atoms with Crippen LogP contribution in [0.5, 0.6) is 17.2 Å². The van der Waals surface area contributed by atoms with Crippen LogP contribution in [-0.4, -0.2) is 32.5 Å². The maximum atomic E-state index is 10.8. The highest BCUT2D eigenvalue weighted by molar-refractivity contribution is 5.86. The van der Waals surface area contributed by atoms with E-state index in [1.54, 1.807) is 24.3 Å². The summed E-state index contributed by atoms with van der Waals surface area (Å²) in [7, 11) is 4.57. The zero-order chi connectivity index (χ0) is 17.5. The highest BCUT2D eigenvalue weighted by Gasteiger charge is 2.14. The van der Waals surface area contributed by atoms with Crippen molar-refractivity contribution in [1.29, 1.82) is 0 Å². The van der Waals surface area contributed by atoms with Crippen LogP contribution in [0.15, 0.2) is 41.5 Å². The molecule has 0 aromatic heterocycles. The van der Waals surface area contributed by atoms with Crippen molar-refractivity contribution in [1.82, 2.24) is 0 Å². The number of methoxy groups -OCH3 is 3. The molecular weight excluding hydrogens is 314 g/mol. The lowest BCUT2D eigenvalue weighted by Crippen LogP contribution is -1.99. The summed E-state index contributed by atoms with van der Waals surface area (Å²) in [6.07, 6.45) is 1.53. The zero-order valence-corrected chi connectivity index (χ0v) is 13.5. The second kappa shape index (κ2) is 7.82. The normalized spacial score (nSPS) is 10.5. The van der Waals surface area contributed by atoms with E-state index in [1.165, 1.54) is 39.7 Å². The van der Waals surface area contributed by atoms with Gasteiger partial charge in [-0.15, -0.1) is 0 Å². The lowest BCUT2D eigenvalue weighted by molar-refractivity contribution is -0.384. The van der Waals surface area contributed by atoms with Gasteiger partial charge in [0.15, 0.2) is 11.5 Å². The van der Waals surface area contributed by atoms with Crippen molar-refractivity contribution < 1.29 is 19.1 Å². The van der Waals surface area contributed by atoms with Crippen molar-refractivity contribution in [3.05, 3.63) is 52.1 Å². The molecule has 2 aromatic carbocycles. The highest BCUT2D eigenvalue weighted by Crippen LogP contribution is 2.39. The average molecular weight is 331 g/mol. The third kappa shape index (κ3) is 3.72. The molecule has 126 valence electrons. The molecule has 1 N–H and O–H groups in total. The van der Waals surface area contributed by atoms with Gasteiger partial charge in [0.1, 0.15) is 0 Å². The molecule has 8 nitrogen and oxygen atoms in total. The Balaban J connectivity index is 2.23. The van der Waals surface area contributed by atoms with E-state index in [2.05, 4.69) is 10.5 Å². The number of hydrogen-bond donors (Lipinski definition) is 1. The Bertz CT molecular complexity index is 761. The summed E-state index contributed by atoms with van der Waals surface area (Å²) in [4.78, 5) is 10.3. The number of rotatable bonds is 7. The molecule has 24 heavy (non-hydrogen) atoms. The molecule has 0 radical (unpaired) electrons. The monoisotopic (exact) mass is 331 g/mol. The van der Waals surface area contributed by atoms with Crippen molar-refractivity contribution in [2.45, 2.75) is 0 Å². The minimum Gasteiger partial charge on any atom is -0.493 e. The second-order valence-electron chi connectivity index (χ2n) is 4.60. The third-order valence-corrected chi connectivity index (χ3v) is 3.19. The van der Waals surface area contributed by atoms with Gasteiger partial charge in [0.25, 0.3) is 5.69 Å². The largest absolute Gasteiger partial charge is 0.493 e. The molecule has 2 aromatic rings. The molecule has 0 aliphatic rings. The molecule has 0 spiro atoms. The first-order valence-electron chi connectivity index (χ1n) is 6.93. The number of hydrazone groups is 1. The van der Waals surface area contributed by atoms with E-state index in [0.717, 1.165) is 0 Å². The highest BCUT2D eigenvalue weighted by atomic mass is 16.6. The van der Waals surface area contributed by atoms with Gasteiger partial charge < -0.3 is 14.2 Å². The Morgan fingerprint density at radius 2 is 1.83 bits per heavy atom. The Labute approximate surface area is 138 Å². The maximum Gasteiger partial charge on any atom is 0.271 e. The first kappa shape index (κ1) is 17.1. The van der Waals surface area contributed by atoms with Gasteiger partial charge in [0.05, 0.1) is 38.2 Å². The van der Waals surface area contributed by atoms with Crippen molar-refractivity contribution in [3.8, 4) is 17.2 Å². The first-order valence-corrected chi connectivity index (χ1v) is 6.93. The van der Waals surface area contributed by atoms with Crippen molar-refractivity contribution in [2.75, 3.05) is 26.8 Å². The number of ether oxygens (including phenoxy) is 3. The molecule has 0 unspecified atom stereocenters. The molecule has 0 aliphatic carbocycles. The first-order chi connectivity index (χ1) is 11.6. The topological polar surface area (TPSA) is 95.2 Å². The van der Waals surface area contributed by atoms with E-state index in [-0.39, 0.29) is 5.69 Å². The van der Waals surface area contributed by atoms with Crippen LogP contribution in [0.2, 0.25) is 0 Å². The van der Waals surface area contributed by atoms with Crippen molar-refractivity contribution in [3.63, 3.8) is 0 Å². The lowest BCUT2D eigenvalue weighted by atomic mass is 10.2. The number of non-ortho nitro benzene ring substituents is 1. The van der Waals surface area contributed by atoms with Gasteiger partial charge in [-0.05, 0) is 18.2 Å². The lowest BCUT2D eigenvalue weighted by Gasteiger charge is -2.13. The van der Waals surface area contributed by atoms with Crippen molar-refractivity contribution >= 4 is 17.6 Å². The summed E-state index contributed by atoms with van der Waals surface area (Å²) < 4.78 is 15.9. The fourth-order valence-corrected chi connectivity index (χ4v) is 2.09. The Hall–Kier alpha value is -3.29. The van der Waals surface area contributed by atoms with Gasteiger partial charge in [-0.3, -0.25) is 15.5 Å².